The molecule has 3 N–H and O–H groups in total. The quantitative estimate of drug-likeness (QED) is 0.664. The van der Waals surface area contributed by atoms with Gasteiger partial charge in [-0.25, -0.2) is 0 Å². The number of carbonyl (C=O) groups excluding carboxylic acids is 1. The topological polar surface area (TPSA) is 55.1 Å². The van der Waals surface area contributed by atoms with Crippen LogP contribution in [0, 0.1) is 0 Å². The molecule has 0 aromatic heterocycles. The minimum absolute atomic E-state index is 0.0798. The lowest BCUT2D eigenvalue weighted by Gasteiger charge is -2.09. The number of hydrogen-bond donors (Lipinski definition) is 2. The lowest BCUT2D eigenvalue weighted by atomic mass is 10.1. The van der Waals surface area contributed by atoms with Gasteiger partial charge in [0.2, 0.25) is 0 Å². The first-order chi connectivity index (χ1) is 8.31. The predicted octanol–water partition coefficient (Wildman–Crippen LogP) is 2.91. The summed E-state index contributed by atoms with van der Waals surface area (Å²) >= 11 is 5.58. The number of halogens is 4. The van der Waals surface area contributed by atoms with Crippen LogP contribution >= 0.6 is 23.4 Å². The van der Waals surface area contributed by atoms with Gasteiger partial charge in [-0.05, 0) is 23.9 Å². The van der Waals surface area contributed by atoms with E-state index in [1.54, 1.807) is 6.07 Å². The van der Waals surface area contributed by atoms with E-state index in [1.165, 1.54) is 12.1 Å². The molecule has 0 fully saturated rings. The van der Waals surface area contributed by atoms with E-state index < -0.39 is 11.4 Å². The molecule has 0 aliphatic carbocycles. The van der Waals surface area contributed by atoms with Crippen molar-refractivity contribution in [3.8, 4) is 0 Å². The Bertz CT molecular complexity index is 419. The van der Waals surface area contributed by atoms with E-state index in [0.29, 0.717) is 0 Å². The van der Waals surface area contributed by atoms with Gasteiger partial charge in [0.05, 0.1) is 10.6 Å². The predicted molar refractivity (Wildman–Crippen MR) is 66.7 cm³/mol. The Kier molecular flexibility index (Phi) is 5.15. The summed E-state index contributed by atoms with van der Waals surface area (Å²) in [5, 5.41) is 2.49. The van der Waals surface area contributed by atoms with Crippen molar-refractivity contribution in [3.63, 3.8) is 0 Å². The second kappa shape index (κ2) is 6.19. The van der Waals surface area contributed by atoms with Crippen LogP contribution in [0.15, 0.2) is 18.2 Å². The minimum Gasteiger partial charge on any atom is -0.398 e. The maximum absolute atomic E-state index is 11.8. The molecule has 1 aromatic carbocycles. The number of benzene rings is 1. The normalized spacial score (nSPS) is 11.3. The van der Waals surface area contributed by atoms with Crippen LogP contribution in [0.4, 0.5) is 18.9 Å². The van der Waals surface area contributed by atoms with Gasteiger partial charge in [-0.15, -0.1) is 0 Å². The molecule has 0 aliphatic rings. The zero-order chi connectivity index (χ0) is 13.8. The van der Waals surface area contributed by atoms with Gasteiger partial charge in [-0.3, -0.25) is 4.79 Å². The first-order valence-electron chi connectivity index (χ1n) is 4.84. The van der Waals surface area contributed by atoms with Crippen LogP contribution in [-0.4, -0.2) is 23.7 Å². The smallest absolute Gasteiger partial charge is 0.398 e. The number of amides is 1. The second-order valence-corrected chi connectivity index (χ2v) is 4.82. The Labute approximate surface area is 111 Å². The number of rotatable bonds is 4. The lowest BCUT2D eigenvalue weighted by Crippen LogP contribution is -2.27. The summed E-state index contributed by atoms with van der Waals surface area (Å²) in [5.74, 6) is -0.847. The molecule has 1 rings (SSSR count). The molecular weight excluding hydrogens is 289 g/mol. The Morgan fingerprint density at radius 1 is 1.44 bits per heavy atom. The summed E-state index contributed by atoms with van der Waals surface area (Å²) in [5.41, 5.74) is 1.53. The van der Waals surface area contributed by atoms with Crippen LogP contribution < -0.4 is 11.1 Å². The second-order valence-electron chi connectivity index (χ2n) is 3.25. The fraction of sp³-hybridized carbons (Fsp3) is 0.300. The van der Waals surface area contributed by atoms with Crippen LogP contribution in [-0.2, 0) is 0 Å². The molecule has 0 spiro atoms. The molecule has 0 saturated carbocycles. The van der Waals surface area contributed by atoms with E-state index in [4.69, 9.17) is 17.3 Å². The third kappa shape index (κ3) is 4.66. The lowest BCUT2D eigenvalue weighted by molar-refractivity contribution is -0.0327. The van der Waals surface area contributed by atoms with Crippen LogP contribution in [0.5, 0.6) is 0 Å². The molecule has 1 aromatic rings. The maximum Gasteiger partial charge on any atom is 0.441 e. The third-order valence-corrected chi connectivity index (χ3v) is 2.98. The minimum atomic E-state index is -4.30. The fourth-order valence-corrected chi connectivity index (χ4v) is 1.90. The molecule has 1 amide bonds. The molecule has 0 bridgehead atoms. The van der Waals surface area contributed by atoms with Gasteiger partial charge in [-0.1, -0.05) is 17.7 Å². The van der Waals surface area contributed by atoms with E-state index >= 15 is 0 Å². The average Bonchev–Trinajstić information content (AvgIpc) is 2.23. The number of nitrogens with two attached hydrogens (primary N) is 1. The zero-order valence-electron chi connectivity index (χ0n) is 9.05. The summed E-state index contributed by atoms with van der Waals surface area (Å²) in [6, 6.07) is 4.55. The number of hydrogen-bond acceptors (Lipinski definition) is 3. The Morgan fingerprint density at radius 2 is 2.11 bits per heavy atom. The summed E-state index contributed by atoms with van der Waals surface area (Å²) in [4.78, 5) is 11.6. The van der Waals surface area contributed by atoms with Crippen LogP contribution in [0.3, 0.4) is 0 Å². The summed E-state index contributed by atoms with van der Waals surface area (Å²) in [6.07, 6.45) is 0. The van der Waals surface area contributed by atoms with Crippen molar-refractivity contribution in [2.75, 3.05) is 18.0 Å². The van der Waals surface area contributed by atoms with Gasteiger partial charge in [-0.2, -0.15) is 13.2 Å². The van der Waals surface area contributed by atoms with E-state index in [-0.39, 0.29) is 40.3 Å². The van der Waals surface area contributed by atoms with Gasteiger partial charge in [0, 0.05) is 18.0 Å². The van der Waals surface area contributed by atoms with E-state index in [2.05, 4.69) is 5.32 Å². The molecule has 100 valence electrons. The van der Waals surface area contributed by atoms with Crippen molar-refractivity contribution < 1.29 is 18.0 Å². The number of anilines is 1. The Morgan fingerprint density at radius 3 is 2.67 bits per heavy atom. The molecule has 0 aliphatic heterocycles. The SMILES string of the molecule is Nc1cccc(Cl)c1C(=O)NCCSC(F)(F)F. The van der Waals surface area contributed by atoms with E-state index in [1.807, 2.05) is 0 Å². The molecule has 0 unspecified atom stereocenters. The summed E-state index contributed by atoms with van der Waals surface area (Å²) in [6.45, 7) is -0.117. The van der Waals surface area contributed by atoms with Crippen molar-refractivity contribution in [3.05, 3.63) is 28.8 Å². The largest absolute Gasteiger partial charge is 0.441 e. The highest BCUT2D eigenvalue weighted by Crippen LogP contribution is 2.29. The monoisotopic (exact) mass is 298 g/mol. The zero-order valence-corrected chi connectivity index (χ0v) is 10.6. The van der Waals surface area contributed by atoms with Crippen molar-refractivity contribution in [2.45, 2.75) is 5.51 Å². The molecule has 18 heavy (non-hydrogen) atoms. The molecule has 3 nitrogen and oxygen atoms in total. The molecule has 0 saturated heterocycles. The van der Waals surface area contributed by atoms with Crippen molar-refractivity contribution in [2.24, 2.45) is 0 Å². The van der Waals surface area contributed by atoms with Crippen molar-refractivity contribution in [1.29, 1.82) is 0 Å². The highest BCUT2D eigenvalue weighted by Gasteiger charge is 2.27. The number of alkyl halides is 3. The number of nitrogens with one attached hydrogen (secondary N) is 1. The van der Waals surface area contributed by atoms with Crippen molar-refractivity contribution >= 4 is 35.0 Å². The number of nitrogen functional groups attached to an aromatic ring is 1. The Balaban J connectivity index is 2.51. The van der Waals surface area contributed by atoms with Gasteiger partial charge >= 0.3 is 5.51 Å². The molecular formula is C10H10ClF3N2OS. The molecule has 8 heteroatoms. The van der Waals surface area contributed by atoms with Gasteiger partial charge in [0.25, 0.3) is 5.91 Å². The summed E-state index contributed by atoms with van der Waals surface area (Å²) < 4.78 is 35.5. The van der Waals surface area contributed by atoms with Gasteiger partial charge < -0.3 is 11.1 Å². The first kappa shape index (κ1) is 15.0. The van der Waals surface area contributed by atoms with E-state index in [9.17, 15) is 18.0 Å². The summed E-state index contributed by atoms with van der Waals surface area (Å²) in [7, 11) is 0. The average molecular weight is 299 g/mol. The highest BCUT2D eigenvalue weighted by molar-refractivity contribution is 8.00. The van der Waals surface area contributed by atoms with Crippen LogP contribution in [0.25, 0.3) is 0 Å². The third-order valence-electron chi connectivity index (χ3n) is 1.93. The fourth-order valence-electron chi connectivity index (χ4n) is 1.20. The van der Waals surface area contributed by atoms with Gasteiger partial charge in [0.15, 0.2) is 0 Å². The Hall–Kier alpha value is -1.08. The van der Waals surface area contributed by atoms with Crippen LogP contribution in [0.1, 0.15) is 10.4 Å². The molecule has 0 atom stereocenters. The van der Waals surface area contributed by atoms with Crippen molar-refractivity contribution in [1.82, 2.24) is 5.32 Å². The first-order valence-corrected chi connectivity index (χ1v) is 6.20. The maximum atomic E-state index is 11.8. The standard InChI is InChI=1S/C10H10ClF3N2OS/c11-6-2-1-3-7(15)8(6)9(17)16-4-5-18-10(12,13)14/h1-3H,4-5,15H2,(H,16,17). The number of thioether (sulfide) groups is 1. The van der Waals surface area contributed by atoms with E-state index in [0.717, 1.165) is 0 Å². The highest BCUT2D eigenvalue weighted by atomic mass is 35.5. The number of carbonyl (C=O) groups is 1. The van der Waals surface area contributed by atoms with Crippen LogP contribution in [0.2, 0.25) is 5.02 Å². The van der Waals surface area contributed by atoms with Gasteiger partial charge in [0.1, 0.15) is 0 Å². The molecule has 0 radical (unpaired) electrons. The molecule has 0 heterocycles.